The molecule has 0 aliphatic carbocycles. The molecule has 0 radical (unpaired) electrons. The molecule has 0 bridgehead atoms. The van der Waals surface area contributed by atoms with Gasteiger partial charge in [0.2, 0.25) is 0 Å². The standard InChI is InChI=1S/C12H19NO2/c1-10-5-4-6-11(9-13-2)12(10)15-8-7-14-3/h4-6,13H,7-9H2,1-3H3. The van der Waals surface area contributed by atoms with E-state index in [1.165, 1.54) is 11.1 Å². The van der Waals surface area contributed by atoms with E-state index < -0.39 is 0 Å². The molecule has 0 aromatic heterocycles. The van der Waals surface area contributed by atoms with Crippen LogP contribution in [0, 0.1) is 6.92 Å². The highest BCUT2D eigenvalue weighted by Gasteiger charge is 2.05. The summed E-state index contributed by atoms with van der Waals surface area (Å²) in [5, 5.41) is 3.13. The molecule has 1 rings (SSSR count). The van der Waals surface area contributed by atoms with Crippen molar-refractivity contribution in [3.63, 3.8) is 0 Å². The normalized spacial score (nSPS) is 10.3. The van der Waals surface area contributed by atoms with Crippen molar-refractivity contribution in [1.29, 1.82) is 0 Å². The second-order valence-corrected chi connectivity index (χ2v) is 3.43. The van der Waals surface area contributed by atoms with E-state index in [1.807, 2.05) is 13.1 Å². The molecule has 3 nitrogen and oxygen atoms in total. The van der Waals surface area contributed by atoms with Gasteiger partial charge in [-0.25, -0.2) is 0 Å². The summed E-state index contributed by atoms with van der Waals surface area (Å²) in [5.74, 6) is 0.976. The average Bonchev–Trinajstić information content (AvgIpc) is 2.23. The van der Waals surface area contributed by atoms with E-state index in [0.717, 1.165) is 12.3 Å². The third kappa shape index (κ3) is 3.53. The van der Waals surface area contributed by atoms with Crippen LogP contribution in [0.5, 0.6) is 5.75 Å². The Bertz CT molecular complexity index is 300. The molecule has 1 N–H and O–H groups in total. The molecule has 0 saturated heterocycles. The fourth-order valence-electron chi connectivity index (χ4n) is 1.48. The Morgan fingerprint density at radius 2 is 2.07 bits per heavy atom. The third-order valence-electron chi connectivity index (χ3n) is 2.19. The molecule has 0 aliphatic rings. The summed E-state index contributed by atoms with van der Waals surface area (Å²) in [7, 11) is 3.61. The van der Waals surface area contributed by atoms with Crippen LogP contribution in [0.4, 0.5) is 0 Å². The van der Waals surface area contributed by atoms with Crippen molar-refractivity contribution < 1.29 is 9.47 Å². The minimum Gasteiger partial charge on any atom is -0.491 e. The van der Waals surface area contributed by atoms with Crippen molar-refractivity contribution in [1.82, 2.24) is 5.32 Å². The molecule has 3 heteroatoms. The summed E-state index contributed by atoms with van der Waals surface area (Å²) in [5.41, 5.74) is 2.35. The van der Waals surface area contributed by atoms with Gasteiger partial charge in [0.15, 0.2) is 0 Å². The van der Waals surface area contributed by atoms with Crippen LogP contribution in [0.2, 0.25) is 0 Å². The lowest BCUT2D eigenvalue weighted by molar-refractivity contribution is 0.145. The van der Waals surface area contributed by atoms with Crippen molar-refractivity contribution in [3.8, 4) is 5.75 Å². The van der Waals surface area contributed by atoms with Crippen LogP contribution in [0.25, 0.3) is 0 Å². The summed E-state index contributed by atoms with van der Waals surface area (Å²) in [6, 6.07) is 6.18. The number of ether oxygens (including phenoxy) is 2. The molecule has 0 spiro atoms. The van der Waals surface area contributed by atoms with Crippen molar-refractivity contribution >= 4 is 0 Å². The molecule has 0 atom stereocenters. The minimum absolute atomic E-state index is 0.595. The van der Waals surface area contributed by atoms with Crippen LogP contribution >= 0.6 is 0 Å². The Balaban J connectivity index is 2.72. The van der Waals surface area contributed by atoms with Crippen LogP contribution in [0.3, 0.4) is 0 Å². The van der Waals surface area contributed by atoms with Crippen molar-refractivity contribution in [2.45, 2.75) is 13.5 Å². The number of para-hydroxylation sites is 1. The van der Waals surface area contributed by atoms with Crippen LogP contribution in [-0.4, -0.2) is 27.4 Å². The van der Waals surface area contributed by atoms with E-state index in [1.54, 1.807) is 7.11 Å². The average molecular weight is 209 g/mol. The highest BCUT2D eigenvalue weighted by atomic mass is 16.5. The first-order valence-electron chi connectivity index (χ1n) is 5.14. The second-order valence-electron chi connectivity index (χ2n) is 3.43. The number of methoxy groups -OCH3 is 1. The van der Waals surface area contributed by atoms with E-state index in [-0.39, 0.29) is 0 Å². The molecule has 0 fully saturated rings. The van der Waals surface area contributed by atoms with Gasteiger partial charge < -0.3 is 14.8 Å². The van der Waals surface area contributed by atoms with Crippen LogP contribution in [0.15, 0.2) is 18.2 Å². The Labute approximate surface area is 91.4 Å². The van der Waals surface area contributed by atoms with Crippen molar-refractivity contribution in [2.75, 3.05) is 27.4 Å². The number of aryl methyl sites for hydroxylation is 1. The van der Waals surface area contributed by atoms with Crippen LogP contribution < -0.4 is 10.1 Å². The van der Waals surface area contributed by atoms with E-state index in [4.69, 9.17) is 9.47 Å². The summed E-state index contributed by atoms with van der Waals surface area (Å²) in [4.78, 5) is 0. The molecular weight excluding hydrogens is 190 g/mol. The summed E-state index contributed by atoms with van der Waals surface area (Å²) in [6.45, 7) is 4.09. The van der Waals surface area contributed by atoms with E-state index in [9.17, 15) is 0 Å². The predicted molar refractivity (Wildman–Crippen MR) is 61.3 cm³/mol. The molecule has 1 aromatic rings. The lowest BCUT2D eigenvalue weighted by atomic mass is 10.1. The molecular formula is C12H19NO2. The molecule has 15 heavy (non-hydrogen) atoms. The van der Waals surface area contributed by atoms with Crippen LogP contribution in [-0.2, 0) is 11.3 Å². The molecule has 0 saturated carbocycles. The number of rotatable bonds is 6. The van der Waals surface area contributed by atoms with Crippen LogP contribution in [0.1, 0.15) is 11.1 Å². The topological polar surface area (TPSA) is 30.5 Å². The first kappa shape index (κ1) is 12.0. The molecule has 84 valence electrons. The maximum absolute atomic E-state index is 5.70. The molecule has 0 amide bonds. The Morgan fingerprint density at radius 1 is 1.27 bits per heavy atom. The quantitative estimate of drug-likeness (QED) is 0.724. The van der Waals surface area contributed by atoms with Crippen molar-refractivity contribution in [3.05, 3.63) is 29.3 Å². The Morgan fingerprint density at radius 3 is 2.73 bits per heavy atom. The first-order valence-corrected chi connectivity index (χ1v) is 5.14. The zero-order valence-electron chi connectivity index (χ0n) is 9.67. The van der Waals surface area contributed by atoms with Gasteiger partial charge in [-0.05, 0) is 19.5 Å². The number of hydrogen-bond donors (Lipinski definition) is 1. The Kier molecular flexibility index (Phi) is 5.15. The number of nitrogens with one attached hydrogen (secondary N) is 1. The Hall–Kier alpha value is -1.06. The second kappa shape index (κ2) is 6.43. The molecule has 1 aromatic carbocycles. The van der Waals surface area contributed by atoms with Gasteiger partial charge in [0.25, 0.3) is 0 Å². The van der Waals surface area contributed by atoms with Gasteiger partial charge in [-0.1, -0.05) is 18.2 Å². The fraction of sp³-hybridized carbons (Fsp3) is 0.500. The maximum atomic E-state index is 5.70. The van der Waals surface area contributed by atoms with Gasteiger partial charge >= 0.3 is 0 Å². The number of hydrogen-bond acceptors (Lipinski definition) is 3. The van der Waals surface area contributed by atoms with Gasteiger partial charge in [-0.3, -0.25) is 0 Å². The van der Waals surface area contributed by atoms with Gasteiger partial charge in [0.1, 0.15) is 12.4 Å². The zero-order valence-corrected chi connectivity index (χ0v) is 9.67. The van der Waals surface area contributed by atoms with E-state index in [0.29, 0.717) is 13.2 Å². The summed E-state index contributed by atoms with van der Waals surface area (Å²) in [6.07, 6.45) is 0. The summed E-state index contributed by atoms with van der Waals surface area (Å²) >= 11 is 0. The van der Waals surface area contributed by atoms with Crippen molar-refractivity contribution in [2.24, 2.45) is 0 Å². The third-order valence-corrected chi connectivity index (χ3v) is 2.19. The maximum Gasteiger partial charge on any atom is 0.126 e. The summed E-state index contributed by atoms with van der Waals surface area (Å²) < 4.78 is 10.7. The predicted octanol–water partition coefficient (Wildman–Crippen LogP) is 1.74. The first-order chi connectivity index (χ1) is 7.29. The SMILES string of the molecule is CNCc1cccc(C)c1OCCOC. The van der Waals surface area contributed by atoms with Gasteiger partial charge in [0.05, 0.1) is 6.61 Å². The van der Waals surface area contributed by atoms with E-state index in [2.05, 4.69) is 24.4 Å². The number of benzene rings is 1. The van der Waals surface area contributed by atoms with Gasteiger partial charge in [0, 0.05) is 19.2 Å². The van der Waals surface area contributed by atoms with Gasteiger partial charge in [-0.2, -0.15) is 0 Å². The van der Waals surface area contributed by atoms with Gasteiger partial charge in [-0.15, -0.1) is 0 Å². The zero-order chi connectivity index (χ0) is 11.1. The largest absolute Gasteiger partial charge is 0.491 e. The monoisotopic (exact) mass is 209 g/mol. The minimum atomic E-state index is 0.595. The highest BCUT2D eigenvalue weighted by molar-refractivity contribution is 5.40. The van der Waals surface area contributed by atoms with E-state index >= 15 is 0 Å². The molecule has 0 heterocycles. The fourth-order valence-corrected chi connectivity index (χ4v) is 1.48. The lowest BCUT2D eigenvalue weighted by Crippen LogP contribution is -2.11. The smallest absolute Gasteiger partial charge is 0.126 e. The highest BCUT2D eigenvalue weighted by Crippen LogP contribution is 2.23. The molecule has 0 unspecified atom stereocenters. The lowest BCUT2D eigenvalue weighted by Gasteiger charge is -2.13. The molecule has 0 aliphatic heterocycles.